The molecule has 1 aliphatic rings. The zero-order valence-electron chi connectivity index (χ0n) is 13.5. The largest absolute Gasteiger partial charge is 0.497 e. The second-order valence-electron chi connectivity index (χ2n) is 5.66. The summed E-state index contributed by atoms with van der Waals surface area (Å²) in [5.74, 6) is 2.07. The van der Waals surface area contributed by atoms with Crippen LogP contribution in [0, 0.1) is 0 Å². The van der Waals surface area contributed by atoms with E-state index < -0.39 is 9.84 Å². The summed E-state index contributed by atoms with van der Waals surface area (Å²) in [7, 11) is 0.488. The number of anilines is 3. The lowest BCUT2D eigenvalue weighted by atomic mass is 10.2. The quantitative estimate of drug-likeness (QED) is 0.861. The summed E-state index contributed by atoms with van der Waals surface area (Å²) in [5, 5.41) is 11.0. The SMILES string of the molecule is COc1ccc(Nc2nncc(N(C)C3CCS(=O)(=O)C3)n2)cc1. The lowest BCUT2D eigenvalue weighted by Gasteiger charge is -2.24. The summed E-state index contributed by atoms with van der Waals surface area (Å²) in [6, 6.07) is 7.27. The molecule has 1 aromatic carbocycles. The maximum absolute atomic E-state index is 11.6. The van der Waals surface area contributed by atoms with Crippen molar-refractivity contribution in [1.29, 1.82) is 0 Å². The van der Waals surface area contributed by atoms with E-state index in [0.717, 1.165) is 11.4 Å². The summed E-state index contributed by atoms with van der Waals surface area (Å²) in [5.41, 5.74) is 0.806. The van der Waals surface area contributed by atoms with Crippen LogP contribution < -0.4 is 15.0 Å². The average molecular weight is 349 g/mol. The van der Waals surface area contributed by atoms with Crippen molar-refractivity contribution >= 4 is 27.3 Å². The number of hydrogen-bond acceptors (Lipinski definition) is 8. The molecule has 1 aromatic heterocycles. The van der Waals surface area contributed by atoms with E-state index in [-0.39, 0.29) is 17.5 Å². The van der Waals surface area contributed by atoms with Crippen LogP contribution in [0.5, 0.6) is 5.75 Å². The average Bonchev–Trinajstić information content (AvgIpc) is 2.95. The van der Waals surface area contributed by atoms with Gasteiger partial charge in [0, 0.05) is 18.8 Å². The molecule has 0 spiro atoms. The minimum atomic E-state index is -2.95. The van der Waals surface area contributed by atoms with Crippen LogP contribution in [0.4, 0.5) is 17.5 Å². The number of benzene rings is 1. The molecule has 2 aromatic rings. The Balaban J connectivity index is 1.73. The third-order valence-electron chi connectivity index (χ3n) is 4.01. The Morgan fingerprint density at radius 3 is 2.67 bits per heavy atom. The molecule has 0 radical (unpaired) electrons. The van der Waals surface area contributed by atoms with Crippen LogP contribution in [0.1, 0.15) is 6.42 Å². The van der Waals surface area contributed by atoms with Gasteiger partial charge >= 0.3 is 0 Å². The zero-order chi connectivity index (χ0) is 17.2. The lowest BCUT2D eigenvalue weighted by molar-refractivity contribution is 0.415. The van der Waals surface area contributed by atoms with Crippen LogP contribution in [0.3, 0.4) is 0 Å². The Kier molecular flexibility index (Phi) is 4.52. The van der Waals surface area contributed by atoms with Gasteiger partial charge in [-0.25, -0.2) is 8.42 Å². The minimum Gasteiger partial charge on any atom is -0.497 e. The summed E-state index contributed by atoms with van der Waals surface area (Å²) in [6.07, 6.45) is 2.13. The molecule has 1 aliphatic heterocycles. The fourth-order valence-electron chi connectivity index (χ4n) is 2.59. The maximum atomic E-state index is 11.6. The molecule has 1 unspecified atom stereocenters. The fraction of sp³-hybridized carbons (Fsp3) is 0.400. The Labute approximate surface area is 140 Å². The first kappa shape index (κ1) is 16.4. The molecule has 1 saturated heterocycles. The highest BCUT2D eigenvalue weighted by Gasteiger charge is 2.31. The van der Waals surface area contributed by atoms with E-state index in [1.165, 1.54) is 6.20 Å². The van der Waals surface area contributed by atoms with Crippen molar-refractivity contribution in [3.05, 3.63) is 30.5 Å². The highest BCUT2D eigenvalue weighted by atomic mass is 32.2. The minimum absolute atomic E-state index is 0.0828. The van der Waals surface area contributed by atoms with Crippen LogP contribution in [0.25, 0.3) is 0 Å². The number of nitrogens with zero attached hydrogens (tertiary/aromatic N) is 4. The van der Waals surface area contributed by atoms with Crippen molar-refractivity contribution in [2.75, 3.05) is 35.9 Å². The van der Waals surface area contributed by atoms with Gasteiger partial charge in [-0.1, -0.05) is 0 Å². The molecule has 1 N–H and O–H groups in total. The summed E-state index contributed by atoms with van der Waals surface area (Å²) < 4.78 is 28.4. The molecule has 0 amide bonds. The van der Waals surface area contributed by atoms with E-state index in [2.05, 4.69) is 20.5 Å². The number of methoxy groups -OCH3 is 1. The van der Waals surface area contributed by atoms with Gasteiger partial charge in [0.05, 0.1) is 24.8 Å². The van der Waals surface area contributed by atoms with E-state index in [1.54, 1.807) is 7.11 Å². The van der Waals surface area contributed by atoms with Crippen LogP contribution in [-0.4, -0.2) is 55.3 Å². The van der Waals surface area contributed by atoms with Gasteiger partial charge in [-0.3, -0.25) is 0 Å². The van der Waals surface area contributed by atoms with Gasteiger partial charge in [0.15, 0.2) is 15.7 Å². The molecular formula is C15H19N5O3S. The number of ether oxygens (including phenoxy) is 1. The standard InChI is InChI=1S/C15H19N5O3S/c1-20(12-7-8-24(21,22)10-12)14-9-16-19-15(18-14)17-11-3-5-13(23-2)6-4-11/h3-6,9,12H,7-8,10H2,1-2H3,(H,17,18,19). The van der Waals surface area contributed by atoms with Crippen molar-refractivity contribution in [3.63, 3.8) is 0 Å². The smallest absolute Gasteiger partial charge is 0.249 e. The molecule has 24 heavy (non-hydrogen) atoms. The summed E-state index contributed by atoms with van der Waals surface area (Å²) in [6.45, 7) is 0. The molecule has 128 valence electrons. The van der Waals surface area contributed by atoms with Crippen LogP contribution >= 0.6 is 0 Å². The zero-order valence-corrected chi connectivity index (χ0v) is 14.3. The number of nitrogens with one attached hydrogen (secondary N) is 1. The highest BCUT2D eigenvalue weighted by molar-refractivity contribution is 7.91. The molecule has 1 atom stereocenters. The highest BCUT2D eigenvalue weighted by Crippen LogP contribution is 2.22. The molecule has 1 fully saturated rings. The Morgan fingerprint density at radius 2 is 2.04 bits per heavy atom. The summed E-state index contributed by atoms with van der Waals surface area (Å²) in [4.78, 5) is 6.26. The molecule has 0 bridgehead atoms. The van der Waals surface area contributed by atoms with Crippen LogP contribution in [-0.2, 0) is 9.84 Å². The number of sulfone groups is 1. The Bertz CT molecular complexity index is 810. The predicted molar refractivity (Wildman–Crippen MR) is 91.6 cm³/mol. The van der Waals surface area contributed by atoms with Gasteiger partial charge in [0.1, 0.15) is 5.75 Å². The van der Waals surface area contributed by atoms with Crippen LogP contribution in [0.15, 0.2) is 30.5 Å². The predicted octanol–water partition coefficient (Wildman–Crippen LogP) is 1.25. The fourth-order valence-corrected chi connectivity index (χ4v) is 4.36. The second-order valence-corrected chi connectivity index (χ2v) is 7.89. The first-order chi connectivity index (χ1) is 11.5. The third kappa shape index (κ3) is 3.73. The summed E-state index contributed by atoms with van der Waals surface area (Å²) >= 11 is 0. The van der Waals surface area contributed by atoms with Gasteiger partial charge in [0.25, 0.3) is 0 Å². The van der Waals surface area contributed by atoms with Gasteiger partial charge in [-0.05, 0) is 30.7 Å². The van der Waals surface area contributed by atoms with Gasteiger partial charge in [-0.2, -0.15) is 10.1 Å². The molecule has 0 saturated carbocycles. The Morgan fingerprint density at radius 1 is 1.29 bits per heavy atom. The monoisotopic (exact) mass is 349 g/mol. The molecule has 9 heteroatoms. The lowest BCUT2D eigenvalue weighted by Crippen LogP contribution is -2.33. The van der Waals surface area contributed by atoms with Gasteiger partial charge < -0.3 is 15.0 Å². The normalized spacial score (nSPS) is 19.0. The number of hydrogen-bond donors (Lipinski definition) is 1. The van der Waals surface area contributed by atoms with Crippen LogP contribution in [0.2, 0.25) is 0 Å². The molecule has 3 rings (SSSR count). The topological polar surface area (TPSA) is 97.3 Å². The Hall–Kier alpha value is -2.42. The van der Waals surface area contributed by atoms with E-state index >= 15 is 0 Å². The maximum Gasteiger partial charge on any atom is 0.249 e. The van der Waals surface area contributed by atoms with Gasteiger partial charge in [-0.15, -0.1) is 5.10 Å². The molecule has 2 heterocycles. The van der Waals surface area contributed by atoms with Crippen molar-refractivity contribution < 1.29 is 13.2 Å². The first-order valence-corrected chi connectivity index (χ1v) is 9.33. The van der Waals surface area contributed by atoms with E-state index in [1.807, 2.05) is 36.2 Å². The van der Waals surface area contributed by atoms with Crippen molar-refractivity contribution in [3.8, 4) is 5.75 Å². The van der Waals surface area contributed by atoms with Crippen molar-refractivity contribution in [1.82, 2.24) is 15.2 Å². The first-order valence-electron chi connectivity index (χ1n) is 7.51. The van der Waals surface area contributed by atoms with E-state index in [9.17, 15) is 8.42 Å². The molecular weight excluding hydrogens is 330 g/mol. The molecule has 8 nitrogen and oxygen atoms in total. The third-order valence-corrected chi connectivity index (χ3v) is 5.76. The van der Waals surface area contributed by atoms with Gasteiger partial charge in [0.2, 0.25) is 5.95 Å². The number of aromatic nitrogens is 3. The van der Waals surface area contributed by atoms with E-state index in [0.29, 0.717) is 18.2 Å². The number of rotatable bonds is 5. The van der Waals surface area contributed by atoms with E-state index in [4.69, 9.17) is 4.74 Å². The van der Waals surface area contributed by atoms with Crippen molar-refractivity contribution in [2.24, 2.45) is 0 Å². The van der Waals surface area contributed by atoms with Crippen molar-refractivity contribution in [2.45, 2.75) is 12.5 Å². The second kappa shape index (κ2) is 6.60. The molecule has 0 aliphatic carbocycles.